The Balaban J connectivity index is 0.863. The van der Waals surface area contributed by atoms with Gasteiger partial charge in [-0.2, -0.15) is 5.26 Å². The van der Waals surface area contributed by atoms with E-state index >= 15 is 0 Å². The molecule has 1 spiro atoms. The predicted octanol–water partition coefficient (Wildman–Crippen LogP) is 16.4. The molecule has 3 aliphatic carbocycles. The summed E-state index contributed by atoms with van der Waals surface area (Å²) in [5.74, 6) is 3.41. The minimum atomic E-state index is -0.0296. The van der Waals surface area contributed by atoms with Gasteiger partial charge in [0, 0.05) is 22.1 Å². The quantitative estimate of drug-likeness (QED) is 0.160. The fourth-order valence-electron chi connectivity index (χ4n) is 12.5. The van der Waals surface area contributed by atoms with Crippen LogP contribution in [0.3, 0.4) is 0 Å². The van der Waals surface area contributed by atoms with Crippen molar-refractivity contribution in [1.82, 2.24) is 9.97 Å². The van der Waals surface area contributed by atoms with Crippen molar-refractivity contribution >= 4 is 0 Å². The highest BCUT2D eigenvalue weighted by atomic mass is 14.9. The number of hydrogen-bond donors (Lipinski definition) is 0. The summed E-state index contributed by atoms with van der Waals surface area (Å²) in [5, 5.41) is 9.30. The Morgan fingerprint density at radius 3 is 1.30 bits per heavy atom. The molecule has 0 radical (unpaired) electrons. The van der Waals surface area contributed by atoms with Gasteiger partial charge in [0.25, 0.3) is 0 Å². The molecule has 67 heavy (non-hydrogen) atoms. The van der Waals surface area contributed by atoms with Crippen molar-refractivity contribution in [2.45, 2.75) is 44.9 Å². The summed E-state index contributed by atoms with van der Waals surface area (Å²) >= 11 is 0. The van der Waals surface area contributed by atoms with Gasteiger partial charge in [-0.15, -0.1) is 0 Å². The molecule has 0 saturated heterocycles. The zero-order chi connectivity index (χ0) is 45.1. The minimum absolute atomic E-state index is 0.0296. The molecule has 12 rings (SSSR count). The molecule has 3 heteroatoms. The SMILES string of the molecule is CC1CC2CC(C)C3(c4cc(-c5ccc(-c6ccc(C#N)cc6)cc5)ccc4-c4ccc(-c5ccc(-c6ccc(-c7nc(-c8ccccc8)cc(-c8ccccc8)n7)cc6)cc5)cc43)C(C1)C2. The van der Waals surface area contributed by atoms with E-state index in [4.69, 9.17) is 9.97 Å². The largest absolute Gasteiger partial charge is 0.228 e. The summed E-state index contributed by atoms with van der Waals surface area (Å²) in [4.78, 5) is 10.1. The van der Waals surface area contributed by atoms with Crippen molar-refractivity contribution in [3.63, 3.8) is 0 Å². The summed E-state index contributed by atoms with van der Waals surface area (Å²) in [7, 11) is 0. The number of nitrogens with zero attached hydrogens (tertiary/aromatic N) is 3. The topological polar surface area (TPSA) is 49.6 Å². The van der Waals surface area contributed by atoms with Gasteiger partial charge in [0.15, 0.2) is 5.82 Å². The lowest BCUT2D eigenvalue weighted by molar-refractivity contribution is 0.0426. The summed E-state index contributed by atoms with van der Waals surface area (Å²) in [6, 6.07) is 74.4. The van der Waals surface area contributed by atoms with Gasteiger partial charge in [-0.1, -0.05) is 184 Å². The van der Waals surface area contributed by atoms with Gasteiger partial charge >= 0.3 is 0 Å². The molecule has 3 nitrogen and oxygen atoms in total. The Hall–Kier alpha value is -7.67. The van der Waals surface area contributed by atoms with Crippen LogP contribution in [0.25, 0.3) is 89.5 Å². The van der Waals surface area contributed by atoms with Crippen LogP contribution in [0.2, 0.25) is 0 Å². The van der Waals surface area contributed by atoms with Crippen LogP contribution in [-0.4, -0.2) is 9.97 Å². The molecular weight excluding hydrogens is 811 g/mol. The number of nitriles is 1. The van der Waals surface area contributed by atoms with E-state index in [2.05, 4.69) is 184 Å². The zero-order valence-corrected chi connectivity index (χ0v) is 38.0. The maximum atomic E-state index is 9.30. The third-order valence-corrected chi connectivity index (χ3v) is 15.5. The molecular formula is C64H51N3. The van der Waals surface area contributed by atoms with Crippen molar-refractivity contribution in [3.8, 4) is 95.6 Å². The zero-order valence-electron chi connectivity index (χ0n) is 38.0. The van der Waals surface area contributed by atoms with Gasteiger partial charge in [-0.25, -0.2) is 9.97 Å². The maximum Gasteiger partial charge on any atom is 0.160 e. The predicted molar refractivity (Wildman–Crippen MR) is 275 cm³/mol. The molecule has 0 aliphatic heterocycles. The van der Waals surface area contributed by atoms with Crippen LogP contribution in [0.1, 0.15) is 56.2 Å². The molecule has 8 aromatic carbocycles. The van der Waals surface area contributed by atoms with E-state index in [0.717, 1.165) is 62.4 Å². The lowest BCUT2D eigenvalue weighted by Crippen LogP contribution is -2.49. The first-order valence-corrected chi connectivity index (χ1v) is 24.0. The van der Waals surface area contributed by atoms with Crippen molar-refractivity contribution < 1.29 is 0 Å². The molecule has 1 aromatic heterocycles. The fourth-order valence-corrected chi connectivity index (χ4v) is 12.5. The number of rotatable bonds is 7. The fraction of sp³-hybridized carbons (Fsp3) is 0.172. The average molecular weight is 862 g/mol. The molecule has 0 amide bonds. The van der Waals surface area contributed by atoms with Crippen LogP contribution in [-0.2, 0) is 5.41 Å². The van der Waals surface area contributed by atoms with Crippen molar-refractivity contribution in [1.29, 1.82) is 5.26 Å². The molecule has 322 valence electrons. The molecule has 1 heterocycles. The lowest BCUT2D eigenvalue weighted by atomic mass is 9.49. The monoisotopic (exact) mass is 861 g/mol. The molecule has 2 fully saturated rings. The smallest absolute Gasteiger partial charge is 0.160 e. The van der Waals surface area contributed by atoms with Gasteiger partial charge in [-0.3, -0.25) is 0 Å². The Morgan fingerprint density at radius 2 is 0.836 bits per heavy atom. The standard InChI is InChI=1S/C64H51N3/c1-41-33-44-35-42(2)64(56(34-41)36-44)59-37-54(49-21-17-46(18-22-49)45-15-13-43(40-65)14-16-45)29-31-57(59)58-32-30-55(38-60(58)64)50-23-19-47(20-24-50)48-25-27-53(28-26-48)63-66-61(51-9-5-3-6-10-51)39-62(67-63)52-11-7-4-8-12-52/h3-32,37-39,41-42,44,56H,33-36H2,1-2H3. The normalized spacial score (nSPS) is 20.2. The Labute approximate surface area is 394 Å². The van der Waals surface area contributed by atoms with E-state index in [9.17, 15) is 5.26 Å². The molecule has 0 N–H and O–H groups in total. The Kier molecular flexibility index (Phi) is 10.1. The first-order valence-electron chi connectivity index (χ1n) is 24.0. The number of hydrogen-bond acceptors (Lipinski definition) is 3. The van der Waals surface area contributed by atoms with Crippen LogP contribution in [0, 0.1) is 35.0 Å². The van der Waals surface area contributed by atoms with Crippen LogP contribution >= 0.6 is 0 Å². The van der Waals surface area contributed by atoms with Crippen molar-refractivity contribution in [3.05, 3.63) is 217 Å². The van der Waals surface area contributed by atoms with E-state index in [-0.39, 0.29) is 5.41 Å². The maximum absolute atomic E-state index is 9.30. The molecule has 5 atom stereocenters. The molecule has 2 saturated carbocycles. The molecule has 9 aromatic rings. The number of fused-ring (bicyclic) bond motifs is 8. The van der Waals surface area contributed by atoms with E-state index in [0.29, 0.717) is 17.4 Å². The highest BCUT2D eigenvalue weighted by Gasteiger charge is 2.56. The highest BCUT2D eigenvalue weighted by molar-refractivity contribution is 5.87. The van der Waals surface area contributed by atoms with E-state index in [1.54, 1.807) is 0 Å². The van der Waals surface area contributed by atoms with E-state index in [1.165, 1.54) is 75.8 Å². The third-order valence-electron chi connectivity index (χ3n) is 15.5. The number of benzene rings is 8. The Bertz CT molecular complexity index is 3250. The summed E-state index contributed by atoms with van der Waals surface area (Å²) in [6.45, 7) is 5.06. The summed E-state index contributed by atoms with van der Waals surface area (Å²) < 4.78 is 0. The molecule has 5 unspecified atom stereocenters. The first kappa shape index (κ1) is 40.8. The second-order valence-corrected chi connectivity index (χ2v) is 19.5. The lowest BCUT2D eigenvalue weighted by Gasteiger charge is -2.54. The van der Waals surface area contributed by atoms with Crippen LogP contribution in [0.5, 0.6) is 0 Å². The van der Waals surface area contributed by atoms with Gasteiger partial charge < -0.3 is 0 Å². The Morgan fingerprint density at radius 1 is 0.418 bits per heavy atom. The van der Waals surface area contributed by atoms with Crippen molar-refractivity contribution in [2.75, 3.05) is 0 Å². The van der Waals surface area contributed by atoms with Gasteiger partial charge in [0.1, 0.15) is 0 Å². The second-order valence-electron chi connectivity index (χ2n) is 19.5. The van der Waals surface area contributed by atoms with Gasteiger partial charge in [0.2, 0.25) is 0 Å². The average Bonchev–Trinajstić information content (AvgIpc) is 3.68. The van der Waals surface area contributed by atoms with Gasteiger partial charge in [0.05, 0.1) is 23.0 Å². The van der Waals surface area contributed by atoms with Crippen LogP contribution in [0.15, 0.2) is 200 Å². The highest BCUT2D eigenvalue weighted by Crippen LogP contribution is 2.65. The van der Waals surface area contributed by atoms with Crippen molar-refractivity contribution in [2.24, 2.45) is 23.7 Å². The third kappa shape index (κ3) is 7.20. The number of aromatic nitrogens is 2. The summed E-state index contributed by atoms with van der Waals surface area (Å²) in [5.41, 5.74) is 21.2. The second kappa shape index (κ2) is 16.6. The summed E-state index contributed by atoms with van der Waals surface area (Å²) in [6.07, 6.45) is 5.23. The van der Waals surface area contributed by atoms with Crippen LogP contribution in [0.4, 0.5) is 0 Å². The van der Waals surface area contributed by atoms with Crippen LogP contribution < -0.4 is 0 Å². The van der Waals surface area contributed by atoms with E-state index < -0.39 is 0 Å². The molecule has 3 aliphatic rings. The molecule has 2 bridgehead atoms. The first-order chi connectivity index (χ1) is 32.9. The van der Waals surface area contributed by atoms with E-state index in [1.807, 2.05) is 36.4 Å². The minimum Gasteiger partial charge on any atom is -0.228 e. The van der Waals surface area contributed by atoms with Gasteiger partial charge in [-0.05, 0) is 146 Å².